The summed E-state index contributed by atoms with van der Waals surface area (Å²) in [7, 11) is 1.70. The number of nitrogens with one attached hydrogen (secondary N) is 1. The first-order chi connectivity index (χ1) is 12.2. The van der Waals surface area contributed by atoms with E-state index in [1.54, 1.807) is 18.9 Å². The molecule has 3 rings (SSSR count). The Bertz CT molecular complexity index is 940. The van der Waals surface area contributed by atoms with Crippen molar-refractivity contribution in [3.05, 3.63) is 53.3 Å². The van der Waals surface area contributed by atoms with Crippen molar-refractivity contribution >= 4 is 45.8 Å². The Morgan fingerprint density at radius 3 is 2.92 bits per heavy atom. The molecule has 6 heteroatoms. The summed E-state index contributed by atoms with van der Waals surface area (Å²) < 4.78 is 5.08. The second-order valence-corrected chi connectivity index (χ2v) is 6.72. The van der Waals surface area contributed by atoms with Crippen molar-refractivity contribution in [2.24, 2.45) is 0 Å². The Balaban J connectivity index is 1.93. The number of terminal acetylenes is 1. The van der Waals surface area contributed by atoms with Crippen LogP contribution in [0.2, 0.25) is 5.28 Å². The average Bonchev–Trinajstić information content (AvgIpc) is 2.61. The molecule has 0 atom stereocenters. The quantitative estimate of drug-likeness (QED) is 0.294. The van der Waals surface area contributed by atoms with Gasteiger partial charge < -0.3 is 10.1 Å². The van der Waals surface area contributed by atoms with Gasteiger partial charge in [-0.05, 0) is 48.0 Å². The van der Waals surface area contributed by atoms with Crippen LogP contribution >= 0.6 is 23.4 Å². The number of fused-ring (bicyclic) bond motifs is 1. The molecule has 25 heavy (non-hydrogen) atoms. The van der Waals surface area contributed by atoms with Crippen molar-refractivity contribution in [3.8, 4) is 12.3 Å². The molecule has 1 N–H and O–H groups in total. The third kappa shape index (κ3) is 4.43. The summed E-state index contributed by atoms with van der Waals surface area (Å²) in [4.78, 5) is 9.77. The van der Waals surface area contributed by atoms with Crippen molar-refractivity contribution in [3.63, 3.8) is 0 Å². The molecule has 0 amide bonds. The number of anilines is 2. The monoisotopic (exact) mass is 369 g/mol. The van der Waals surface area contributed by atoms with Crippen LogP contribution in [0.4, 0.5) is 11.5 Å². The summed E-state index contributed by atoms with van der Waals surface area (Å²) in [5.74, 6) is 4.15. The van der Waals surface area contributed by atoms with Gasteiger partial charge in [0.25, 0.3) is 0 Å². The molecular formula is C19H16ClN3OS. The predicted molar refractivity (Wildman–Crippen MR) is 105 cm³/mol. The summed E-state index contributed by atoms with van der Waals surface area (Å²) in [5.41, 5.74) is 2.44. The van der Waals surface area contributed by atoms with Crippen LogP contribution in [0.3, 0.4) is 0 Å². The first-order valence-electron chi connectivity index (χ1n) is 7.62. The van der Waals surface area contributed by atoms with Gasteiger partial charge in [-0.3, -0.25) is 0 Å². The molecule has 0 fully saturated rings. The topological polar surface area (TPSA) is 47.0 Å². The molecule has 1 aromatic heterocycles. The van der Waals surface area contributed by atoms with Crippen LogP contribution in [0, 0.1) is 12.3 Å². The molecule has 1 heterocycles. The standard InChI is InChI=1S/C19H16ClN3OS/c1-3-13-5-4-6-14(11-13)21-18-16-8-7-15(25-10-9-24-2)12-17(16)22-19(20)23-18/h1,4-8,11-12H,9-10H2,2H3,(H,21,22,23). The Morgan fingerprint density at radius 1 is 1.24 bits per heavy atom. The van der Waals surface area contributed by atoms with Gasteiger partial charge in [-0.2, -0.15) is 4.98 Å². The van der Waals surface area contributed by atoms with Gasteiger partial charge in [-0.1, -0.05) is 12.0 Å². The zero-order valence-corrected chi connectivity index (χ0v) is 15.2. The van der Waals surface area contributed by atoms with Crippen molar-refractivity contribution in [1.29, 1.82) is 0 Å². The molecule has 0 radical (unpaired) electrons. The van der Waals surface area contributed by atoms with Crippen LogP contribution in [-0.4, -0.2) is 29.4 Å². The minimum atomic E-state index is 0.196. The van der Waals surface area contributed by atoms with Crippen LogP contribution in [0.5, 0.6) is 0 Å². The van der Waals surface area contributed by atoms with E-state index in [2.05, 4.69) is 21.2 Å². The maximum absolute atomic E-state index is 6.11. The van der Waals surface area contributed by atoms with E-state index < -0.39 is 0 Å². The van der Waals surface area contributed by atoms with Crippen molar-refractivity contribution in [2.45, 2.75) is 4.90 Å². The van der Waals surface area contributed by atoms with Gasteiger partial charge in [0.05, 0.1) is 12.1 Å². The Hall–Kier alpha value is -2.26. The highest BCUT2D eigenvalue weighted by Crippen LogP contribution is 2.29. The maximum Gasteiger partial charge on any atom is 0.224 e. The molecule has 3 aromatic rings. The van der Waals surface area contributed by atoms with Gasteiger partial charge in [0, 0.05) is 34.4 Å². The normalized spacial score (nSPS) is 10.6. The molecule has 0 saturated heterocycles. The molecule has 4 nitrogen and oxygen atoms in total. The Labute approximate surface area is 156 Å². The Kier molecular flexibility index (Phi) is 5.77. The van der Waals surface area contributed by atoms with Crippen LogP contribution in [0.15, 0.2) is 47.4 Å². The van der Waals surface area contributed by atoms with E-state index in [9.17, 15) is 0 Å². The van der Waals surface area contributed by atoms with E-state index in [1.807, 2.05) is 42.5 Å². The molecule has 126 valence electrons. The number of aromatic nitrogens is 2. The van der Waals surface area contributed by atoms with E-state index >= 15 is 0 Å². The lowest BCUT2D eigenvalue weighted by Gasteiger charge is -2.10. The summed E-state index contributed by atoms with van der Waals surface area (Å²) >= 11 is 7.82. The van der Waals surface area contributed by atoms with Gasteiger partial charge in [-0.25, -0.2) is 4.98 Å². The molecule has 0 aliphatic heterocycles. The average molecular weight is 370 g/mol. The number of ether oxygens (including phenoxy) is 1. The van der Waals surface area contributed by atoms with E-state index in [4.69, 9.17) is 22.8 Å². The number of halogens is 1. The van der Waals surface area contributed by atoms with Crippen LogP contribution < -0.4 is 5.32 Å². The summed E-state index contributed by atoms with van der Waals surface area (Å²) in [5, 5.41) is 4.37. The van der Waals surface area contributed by atoms with Crippen molar-refractivity contribution < 1.29 is 4.74 Å². The fraction of sp³-hybridized carbons (Fsp3) is 0.158. The second kappa shape index (κ2) is 8.21. The molecule has 2 aromatic carbocycles. The van der Waals surface area contributed by atoms with E-state index in [0.717, 1.165) is 32.8 Å². The number of hydrogen-bond donors (Lipinski definition) is 1. The number of benzene rings is 2. The first kappa shape index (κ1) is 17.6. The van der Waals surface area contributed by atoms with Gasteiger partial charge >= 0.3 is 0 Å². The SMILES string of the molecule is C#Cc1cccc(Nc2nc(Cl)nc3cc(SCCOC)ccc23)c1. The smallest absolute Gasteiger partial charge is 0.224 e. The van der Waals surface area contributed by atoms with E-state index in [1.165, 1.54) is 0 Å². The number of methoxy groups -OCH3 is 1. The Morgan fingerprint density at radius 2 is 2.12 bits per heavy atom. The lowest BCUT2D eigenvalue weighted by atomic mass is 10.2. The number of thioether (sulfide) groups is 1. The zero-order chi connectivity index (χ0) is 17.6. The van der Waals surface area contributed by atoms with Gasteiger partial charge in [-0.15, -0.1) is 18.2 Å². The highest BCUT2D eigenvalue weighted by molar-refractivity contribution is 7.99. The van der Waals surface area contributed by atoms with Crippen LogP contribution in [0.25, 0.3) is 10.9 Å². The molecule has 0 bridgehead atoms. The van der Waals surface area contributed by atoms with Crippen molar-refractivity contribution in [2.75, 3.05) is 24.8 Å². The minimum Gasteiger partial charge on any atom is -0.384 e. The van der Waals surface area contributed by atoms with E-state index in [0.29, 0.717) is 12.4 Å². The van der Waals surface area contributed by atoms with E-state index in [-0.39, 0.29) is 5.28 Å². The lowest BCUT2D eigenvalue weighted by molar-refractivity contribution is 0.218. The number of nitrogens with zero attached hydrogens (tertiary/aromatic N) is 2. The third-order valence-electron chi connectivity index (χ3n) is 3.49. The third-order valence-corrected chi connectivity index (χ3v) is 4.62. The number of hydrogen-bond acceptors (Lipinski definition) is 5. The molecule has 0 aliphatic carbocycles. The fourth-order valence-corrected chi connectivity index (χ4v) is 3.35. The fourth-order valence-electron chi connectivity index (χ4n) is 2.33. The predicted octanol–water partition coefficient (Wildman–Crippen LogP) is 4.75. The number of rotatable bonds is 6. The van der Waals surface area contributed by atoms with Gasteiger partial charge in [0.2, 0.25) is 5.28 Å². The molecule has 0 saturated carbocycles. The molecular weight excluding hydrogens is 354 g/mol. The molecule has 0 spiro atoms. The molecule has 0 aliphatic rings. The summed E-state index contributed by atoms with van der Waals surface area (Å²) in [6.45, 7) is 0.700. The van der Waals surface area contributed by atoms with Gasteiger partial charge in [0.1, 0.15) is 5.82 Å². The highest BCUT2D eigenvalue weighted by Gasteiger charge is 2.09. The van der Waals surface area contributed by atoms with Gasteiger partial charge in [0.15, 0.2) is 0 Å². The lowest BCUT2D eigenvalue weighted by Crippen LogP contribution is -1.98. The minimum absolute atomic E-state index is 0.196. The zero-order valence-electron chi connectivity index (χ0n) is 13.6. The highest BCUT2D eigenvalue weighted by atomic mass is 35.5. The molecule has 0 unspecified atom stereocenters. The van der Waals surface area contributed by atoms with Crippen LogP contribution in [-0.2, 0) is 4.74 Å². The van der Waals surface area contributed by atoms with Crippen LogP contribution in [0.1, 0.15) is 5.56 Å². The second-order valence-electron chi connectivity index (χ2n) is 5.21. The van der Waals surface area contributed by atoms with Crippen molar-refractivity contribution in [1.82, 2.24) is 9.97 Å². The first-order valence-corrected chi connectivity index (χ1v) is 8.98. The maximum atomic E-state index is 6.11. The largest absolute Gasteiger partial charge is 0.384 e. The summed E-state index contributed by atoms with van der Waals surface area (Å²) in [6, 6.07) is 13.6. The summed E-state index contributed by atoms with van der Waals surface area (Å²) in [6.07, 6.45) is 5.46.